The van der Waals surface area contributed by atoms with Crippen LogP contribution in [0.5, 0.6) is 0 Å². The zero-order valence-electron chi connectivity index (χ0n) is 23.0. The minimum absolute atomic E-state index is 0.143. The Kier molecular flexibility index (Phi) is 12.1. The van der Waals surface area contributed by atoms with Gasteiger partial charge in [0.2, 0.25) is 21.8 Å². The maximum atomic E-state index is 13.5. The maximum Gasteiger partial charge on any atom is 0.242 e. The van der Waals surface area contributed by atoms with Gasteiger partial charge in [-0.25, -0.2) is 8.42 Å². The van der Waals surface area contributed by atoms with Crippen LogP contribution in [0.15, 0.2) is 48.5 Å². The minimum atomic E-state index is -3.51. The first-order valence-corrected chi connectivity index (χ1v) is 15.1. The van der Waals surface area contributed by atoms with Crippen LogP contribution in [0.1, 0.15) is 69.6 Å². The Morgan fingerprint density at radius 1 is 0.973 bits per heavy atom. The second-order valence-corrected chi connectivity index (χ2v) is 11.4. The van der Waals surface area contributed by atoms with Crippen molar-refractivity contribution < 1.29 is 18.0 Å². The number of nitrogens with one attached hydrogen (secondary N) is 1. The molecule has 1 atom stereocenters. The van der Waals surface area contributed by atoms with Crippen molar-refractivity contribution in [1.82, 2.24) is 10.2 Å². The molecule has 0 aliphatic carbocycles. The van der Waals surface area contributed by atoms with Crippen molar-refractivity contribution in [1.29, 1.82) is 0 Å². The lowest BCUT2D eigenvalue weighted by molar-refractivity contribution is -0.141. The van der Waals surface area contributed by atoms with Crippen molar-refractivity contribution in [2.45, 2.75) is 78.8 Å². The highest BCUT2D eigenvalue weighted by molar-refractivity contribution is 7.92. The van der Waals surface area contributed by atoms with E-state index in [1.54, 1.807) is 17.0 Å². The molecule has 0 bridgehead atoms. The van der Waals surface area contributed by atoms with Gasteiger partial charge in [-0.1, -0.05) is 63.6 Å². The van der Waals surface area contributed by atoms with Crippen LogP contribution in [0.4, 0.5) is 5.69 Å². The summed E-state index contributed by atoms with van der Waals surface area (Å²) in [6, 6.07) is 14.7. The van der Waals surface area contributed by atoms with E-state index < -0.39 is 16.1 Å². The number of rotatable bonds is 15. The number of nitrogens with zero attached hydrogens (tertiary/aromatic N) is 2. The highest BCUT2D eigenvalue weighted by Crippen LogP contribution is 2.21. The predicted octanol–water partition coefficient (Wildman–Crippen LogP) is 4.83. The van der Waals surface area contributed by atoms with E-state index in [9.17, 15) is 18.0 Å². The molecule has 0 spiro atoms. The van der Waals surface area contributed by atoms with Gasteiger partial charge in [0.15, 0.2) is 0 Å². The summed E-state index contributed by atoms with van der Waals surface area (Å²) in [6.07, 6.45) is 4.89. The van der Waals surface area contributed by atoms with Gasteiger partial charge in [0.05, 0.1) is 11.9 Å². The lowest BCUT2D eigenvalue weighted by Gasteiger charge is -2.31. The lowest BCUT2D eigenvalue weighted by Crippen LogP contribution is -2.49. The maximum absolute atomic E-state index is 13.5. The van der Waals surface area contributed by atoms with E-state index in [1.807, 2.05) is 57.2 Å². The number of carbonyl (C=O) groups excluding carboxylic acids is 2. The Labute approximate surface area is 223 Å². The molecule has 0 aliphatic heterocycles. The van der Waals surface area contributed by atoms with Crippen molar-refractivity contribution in [3.8, 4) is 0 Å². The Morgan fingerprint density at radius 2 is 1.65 bits per heavy atom. The topological polar surface area (TPSA) is 86.8 Å². The first-order valence-electron chi connectivity index (χ1n) is 13.3. The Morgan fingerprint density at radius 3 is 2.22 bits per heavy atom. The molecule has 204 valence electrons. The second-order valence-electron chi connectivity index (χ2n) is 9.48. The number of carbonyl (C=O) groups is 2. The molecule has 0 saturated heterocycles. The van der Waals surface area contributed by atoms with Crippen molar-refractivity contribution >= 4 is 27.5 Å². The molecule has 0 aromatic heterocycles. The number of amides is 2. The van der Waals surface area contributed by atoms with E-state index in [-0.39, 0.29) is 24.8 Å². The van der Waals surface area contributed by atoms with Crippen molar-refractivity contribution in [2.75, 3.05) is 23.7 Å². The van der Waals surface area contributed by atoms with Crippen LogP contribution < -0.4 is 9.62 Å². The molecule has 0 heterocycles. The summed E-state index contributed by atoms with van der Waals surface area (Å²) in [7, 11) is -3.51. The quantitative estimate of drug-likeness (QED) is 0.335. The highest BCUT2D eigenvalue weighted by Gasteiger charge is 2.29. The highest BCUT2D eigenvalue weighted by atomic mass is 32.2. The molecular formula is C29H43N3O4S. The fraction of sp³-hybridized carbons (Fsp3) is 0.517. The third-order valence-electron chi connectivity index (χ3n) is 6.60. The van der Waals surface area contributed by atoms with E-state index in [2.05, 4.69) is 12.2 Å². The normalized spacial score (nSPS) is 12.1. The number of anilines is 1. The fourth-order valence-electron chi connectivity index (χ4n) is 4.30. The molecule has 2 aromatic carbocycles. The van der Waals surface area contributed by atoms with Crippen LogP contribution in [0.2, 0.25) is 0 Å². The number of hydrogen-bond acceptors (Lipinski definition) is 4. The van der Waals surface area contributed by atoms with Gasteiger partial charge in [-0.05, 0) is 61.4 Å². The van der Waals surface area contributed by atoms with Gasteiger partial charge in [-0.3, -0.25) is 13.9 Å². The molecule has 2 rings (SSSR count). The summed E-state index contributed by atoms with van der Waals surface area (Å²) in [6.45, 7) is 9.12. The minimum Gasteiger partial charge on any atom is -0.354 e. The molecule has 0 aliphatic rings. The SMILES string of the molecule is CCCCNC(=O)C(CC)N(Cc1ccccc1C)C(=O)CCCN(c1ccc(CC)cc1)S(C)(=O)=O. The monoisotopic (exact) mass is 529 g/mol. The largest absolute Gasteiger partial charge is 0.354 e. The zero-order chi connectivity index (χ0) is 27.4. The summed E-state index contributed by atoms with van der Waals surface area (Å²) in [5, 5.41) is 2.97. The Hall–Kier alpha value is -2.87. The molecule has 0 radical (unpaired) electrons. The molecule has 37 heavy (non-hydrogen) atoms. The van der Waals surface area contributed by atoms with Gasteiger partial charge in [0.1, 0.15) is 6.04 Å². The molecule has 0 saturated carbocycles. The van der Waals surface area contributed by atoms with E-state index in [1.165, 1.54) is 10.6 Å². The van der Waals surface area contributed by atoms with E-state index >= 15 is 0 Å². The Bertz CT molecular complexity index is 1120. The van der Waals surface area contributed by atoms with Crippen molar-refractivity contribution in [2.24, 2.45) is 0 Å². The molecule has 0 fully saturated rings. The van der Waals surface area contributed by atoms with Crippen LogP contribution in [0, 0.1) is 6.92 Å². The van der Waals surface area contributed by atoms with Crippen LogP contribution in [0.3, 0.4) is 0 Å². The number of hydrogen-bond donors (Lipinski definition) is 1. The van der Waals surface area contributed by atoms with Crippen molar-refractivity contribution in [3.05, 3.63) is 65.2 Å². The van der Waals surface area contributed by atoms with Gasteiger partial charge < -0.3 is 10.2 Å². The van der Waals surface area contributed by atoms with Crippen LogP contribution in [-0.4, -0.2) is 50.5 Å². The predicted molar refractivity (Wildman–Crippen MR) is 151 cm³/mol. The number of unbranched alkanes of at least 4 members (excludes halogenated alkanes) is 1. The van der Waals surface area contributed by atoms with Crippen molar-refractivity contribution in [3.63, 3.8) is 0 Å². The summed E-state index contributed by atoms with van der Waals surface area (Å²) in [4.78, 5) is 28.2. The summed E-state index contributed by atoms with van der Waals surface area (Å²) >= 11 is 0. The molecule has 1 unspecified atom stereocenters. The number of benzene rings is 2. The van der Waals surface area contributed by atoms with E-state index in [0.29, 0.717) is 31.6 Å². The van der Waals surface area contributed by atoms with Crippen LogP contribution >= 0.6 is 0 Å². The lowest BCUT2D eigenvalue weighted by atomic mass is 10.1. The average Bonchev–Trinajstić information content (AvgIpc) is 2.87. The molecule has 7 nitrogen and oxygen atoms in total. The van der Waals surface area contributed by atoms with Crippen LogP contribution in [0.25, 0.3) is 0 Å². The third kappa shape index (κ3) is 9.18. The van der Waals surface area contributed by atoms with Crippen LogP contribution in [-0.2, 0) is 32.6 Å². The number of sulfonamides is 1. The van der Waals surface area contributed by atoms with Gasteiger partial charge in [-0.2, -0.15) is 0 Å². The summed E-state index contributed by atoms with van der Waals surface area (Å²) in [5.41, 5.74) is 3.76. The standard InChI is InChI=1S/C29H43N3O4S/c1-6-9-20-30-29(34)27(8-3)31(22-25-14-11-10-13-23(25)4)28(33)15-12-21-32(37(5,35)36)26-18-16-24(7-2)17-19-26/h10-11,13-14,16-19,27H,6-9,12,15,20-22H2,1-5H3,(H,30,34). The molecule has 2 amide bonds. The van der Waals surface area contributed by atoms with Gasteiger partial charge in [0.25, 0.3) is 0 Å². The molecule has 1 N–H and O–H groups in total. The fourth-order valence-corrected chi connectivity index (χ4v) is 5.26. The molecule has 2 aromatic rings. The average molecular weight is 530 g/mol. The molecule has 8 heteroatoms. The zero-order valence-corrected chi connectivity index (χ0v) is 23.8. The summed E-state index contributed by atoms with van der Waals surface area (Å²) < 4.78 is 26.4. The van der Waals surface area contributed by atoms with E-state index in [4.69, 9.17) is 0 Å². The number of aryl methyl sites for hydroxylation is 2. The summed E-state index contributed by atoms with van der Waals surface area (Å²) in [5.74, 6) is -0.304. The molecular weight excluding hydrogens is 486 g/mol. The smallest absolute Gasteiger partial charge is 0.242 e. The first-order chi connectivity index (χ1) is 17.6. The van der Waals surface area contributed by atoms with Gasteiger partial charge in [0, 0.05) is 26.1 Å². The first kappa shape index (κ1) is 30.4. The van der Waals surface area contributed by atoms with E-state index in [0.717, 1.165) is 36.0 Å². The Balaban J connectivity index is 2.20. The third-order valence-corrected chi connectivity index (χ3v) is 7.80. The van der Waals surface area contributed by atoms with Gasteiger partial charge in [-0.15, -0.1) is 0 Å². The van der Waals surface area contributed by atoms with Gasteiger partial charge >= 0.3 is 0 Å². The second kappa shape index (κ2) is 14.8.